The highest BCUT2D eigenvalue weighted by atomic mass is 32.1. The molecule has 0 unspecified atom stereocenters. The van der Waals surface area contributed by atoms with Gasteiger partial charge in [0.1, 0.15) is 0 Å². The molecule has 0 saturated carbocycles. The van der Waals surface area contributed by atoms with E-state index in [4.69, 9.17) is 0 Å². The molecule has 1 aromatic heterocycles. The van der Waals surface area contributed by atoms with Crippen molar-refractivity contribution in [1.29, 1.82) is 0 Å². The van der Waals surface area contributed by atoms with Gasteiger partial charge in [-0.3, -0.25) is 0 Å². The summed E-state index contributed by atoms with van der Waals surface area (Å²) in [6, 6.07) is 1.97. The highest BCUT2D eigenvalue weighted by Crippen LogP contribution is 2.16. The van der Waals surface area contributed by atoms with E-state index in [0.717, 1.165) is 5.56 Å². The van der Waals surface area contributed by atoms with Crippen LogP contribution < -0.4 is 0 Å². The van der Waals surface area contributed by atoms with Crippen LogP contribution in [-0.4, -0.2) is 13.1 Å². The van der Waals surface area contributed by atoms with Crippen LogP contribution in [0.2, 0.25) is 0 Å². The van der Waals surface area contributed by atoms with Gasteiger partial charge >= 0.3 is 5.97 Å². The van der Waals surface area contributed by atoms with Crippen molar-refractivity contribution in [2.75, 3.05) is 7.11 Å². The van der Waals surface area contributed by atoms with E-state index in [1.165, 1.54) is 18.1 Å². The fourth-order valence-electron chi connectivity index (χ4n) is 0.794. The van der Waals surface area contributed by atoms with Crippen molar-refractivity contribution < 1.29 is 9.53 Å². The van der Waals surface area contributed by atoms with Crippen LogP contribution in [0.5, 0.6) is 0 Å². The Kier molecular flexibility index (Phi) is 3.05. The predicted octanol–water partition coefficient (Wildman–Crippen LogP) is 2.24. The van der Waals surface area contributed by atoms with E-state index >= 15 is 0 Å². The number of aryl methyl sites for hydroxylation is 1. The second-order valence-corrected chi connectivity index (χ2v) is 3.41. The minimum atomic E-state index is -0.319. The molecule has 0 fully saturated rings. The number of rotatable bonds is 2. The van der Waals surface area contributed by atoms with Crippen molar-refractivity contribution in [2.45, 2.75) is 6.92 Å². The first-order chi connectivity index (χ1) is 5.74. The van der Waals surface area contributed by atoms with Crippen molar-refractivity contribution in [3.05, 3.63) is 28.0 Å². The normalized spacial score (nSPS) is 10.5. The van der Waals surface area contributed by atoms with Crippen LogP contribution >= 0.6 is 11.3 Å². The molecule has 1 aromatic rings. The van der Waals surface area contributed by atoms with Gasteiger partial charge in [-0.25, -0.2) is 4.79 Å². The molecule has 0 aliphatic rings. The first-order valence-corrected chi connectivity index (χ1v) is 4.42. The number of esters is 1. The molecule has 64 valence electrons. The Bertz CT molecular complexity index is 299. The van der Waals surface area contributed by atoms with Crippen molar-refractivity contribution in [3.63, 3.8) is 0 Å². The van der Waals surface area contributed by atoms with Crippen LogP contribution in [-0.2, 0) is 9.53 Å². The Balaban J connectivity index is 2.69. The van der Waals surface area contributed by atoms with Gasteiger partial charge in [0.05, 0.1) is 7.11 Å². The van der Waals surface area contributed by atoms with E-state index in [0.29, 0.717) is 0 Å². The maximum absolute atomic E-state index is 10.7. The van der Waals surface area contributed by atoms with Crippen molar-refractivity contribution in [2.24, 2.45) is 0 Å². The first kappa shape index (κ1) is 9.00. The van der Waals surface area contributed by atoms with E-state index in [2.05, 4.69) is 4.74 Å². The molecule has 0 N–H and O–H groups in total. The van der Waals surface area contributed by atoms with Gasteiger partial charge < -0.3 is 4.74 Å². The largest absolute Gasteiger partial charge is 0.466 e. The SMILES string of the molecule is COC(=O)C=Cc1ccsc1C. The number of carbonyl (C=O) groups excluding carboxylic acids is 1. The molecule has 0 saturated heterocycles. The average molecular weight is 182 g/mol. The smallest absolute Gasteiger partial charge is 0.330 e. The maximum atomic E-state index is 10.7. The minimum Gasteiger partial charge on any atom is -0.466 e. The Labute approximate surface area is 75.5 Å². The molecular formula is C9H10O2S. The fraction of sp³-hybridized carbons (Fsp3) is 0.222. The van der Waals surface area contributed by atoms with Gasteiger partial charge in [-0.15, -0.1) is 11.3 Å². The Hall–Kier alpha value is -1.09. The molecule has 0 radical (unpaired) electrons. The summed E-state index contributed by atoms with van der Waals surface area (Å²) in [7, 11) is 1.37. The summed E-state index contributed by atoms with van der Waals surface area (Å²) < 4.78 is 4.47. The third-order valence-electron chi connectivity index (χ3n) is 1.50. The Morgan fingerprint density at radius 2 is 2.42 bits per heavy atom. The molecule has 1 heterocycles. The summed E-state index contributed by atoms with van der Waals surface area (Å²) in [5.74, 6) is -0.319. The van der Waals surface area contributed by atoms with Gasteiger partial charge in [-0.1, -0.05) is 0 Å². The molecule has 0 atom stereocenters. The molecule has 0 amide bonds. The number of carbonyl (C=O) groups is 1. The monoisotopic (exact) mass is 182 g/mol. The third-order valence-corrected chi connectivity index (χ3v) is 2.36. The predicted molar refractivity (Wildman–Crippen MR) is 50.1 cm³/mol. The van der Waals surface area contributed by atoms with E-state index < -0.39 is 0 Å². The van der Waals surface area contributed by atoms with Gasteiger partial charge in [0.15, 0.2) is 0 Å². The molecule has 12 heavy (non-hydrogen) atoms. The van der Waals surface area contributed by atoms with Crippen molar-refractivity contribution in [3.8, 4) is 0 Å². The standard InChI is InChI=1S/C9H10O2S/c1-7-8(5-6-12-7)3-4-9(10)11-2/h3-6H,1-2H3. The van der Waals surface area contributed by atoms with Gasteiger partial charge in [0, 0.05) is 11.0 Å². The summed E-state index contributed by atoms with van der Waals surface area (Å²) in [6.07, 6.45) is 3.19. The molecule has 0 aliphatic carbocycles. The molecule has 0 spiro atoms. The topological polar surface area (TPSA) is 26.3 Å². The summed E-state index contributed by atoms with van der Waals surface area (Å²) in [5, 5.41) is 1.99. The van der Waals surface area contributed by atoms with Gasteiger partial charge in [0.25, 0.3) is 0 Å². The van der Waals surface area contributed by atoms with Crippen LogP contribution in [0.3, 0.4) is 0 Å². The minimum absolute atomic E-state index is 0.319. The summed E-state index contributed by atoms with van der Waals surface area (Å²) in [5.41, 5.74) is 1.07. The molecule has 0 aliphatic heterocycles. The lowest BCUT2D eigenvalue weighted by Gasteiger charge is -1.90. The molecule has 2 nitrogen and oxygen atoms in total. The van der Waals surface area contributed by atoms with E-state index in [1.54, 1.807) is 17.4 Å². The Morgan fingerprint density at radius 3 is 2.92 bits per heavy atom. The highest BCUT2D eigenvalue weighted by Gasteiger charge is 1.95. The van der Waals surface area contributed by atoms with Crippen LogP contribution in [0.4, 0.5) is 0 Å². The van der Waals surface area contributed by atoms with Gasteiger partial charge in [0.2, 0.25) is 0 Å². The van der Waals surface area contributed by atoms with Crippen LogP contribution in [0.15, 0.2) is 17.5 Å². The number of thiophene rings is 1. The second kappa shape index (κ2) is 4.07. The van der Waals surface area contributed by atoms with Crippen LogP contribution in [0.1, 0.15) is 10.4 Å². The maximum Gasteiger partial charge on any atom is 0.330 e. The van der Waals surface area contributed by atoms with Gasteiger partial charge in [-0.05, 0) is 30.0 Å². The highest BCUT2D eigenvalue weighted by molar-refractivity contribution is 7.10. The lowest BCUT2D eigenvalue weighted by Crippen LogP contribution is -1.93. The van der Waals surface area contributed by atoms with Crippen LogP contribution in [0, 0.1) is 6.92 Å². The quantitative estimate of drug-likeness (QED) is 0.518. The van der Waals surface area contributed by atoms with Crippen molar-refractivity contribution >= 4 is 23.4 Å². The zero-order valence-corrected chi connectivity index (χ0v) is 7.85. The second-order valence-electron chi connectivity index (χ2n) is 2.29. The Morgan fingerprint density at radius 1 is 1.67 bits per heavy atom. The third kappa shape index (κ3) is 2.20. The number of methoxy groups -OCH3 is 1. The van der Waals surface area contributed by atoms with E-state index in [9.17, 15) is 4.79 Å². The summed E-state index contributed by atoms with van der Waals surface area (Å²) in [6.45, 7) is 2.02. The molecular weight excluding hydrogens is 172 g/mol. The zero-order chi connectivity index (χ0) is 8.97. The van der Waals surface area contributed by atoms with E-state index in [-0.39, 0.29) is 5.97 Å². The average Bonchev–Trinajstić information content (AvgIpc) is 2.47. The lowest BCUT2D eigenvalue weighted by atomic mass is 10.2. The van der Waals surface area contributed by atoms with Gasteiger partial charge in [-0.2, -0.15) is 0 Å². The van der Waals surface area contributed by atoms with Crippen LogP contribution in [0.25, 0.3) is 6.08 Å². The zero-order valence-electron chi connectivity index (χ0n) is 7.03. The van der Waals surface area contributed by atoms with E-state index in [1.807, 2.05) is 18.4 Å². The number of ether oxygens (including phenoxy) is 1. The lowest BCUT2D eigenvalue weighted by molar-refractivity contribution is -0.134. The molecule has 0 bridgehead atoms. The fourth-order valence-corrected chi connectivity index (χ4v) is 1.48. The number of hydrogen-bond donors (Lipinski definition) is 0. The molecule has 3 heteroatoms. The van der Waals surface area contributed by atoms with Crippen molar-refractivity contribution in [1.82, 2.24) is 0 Å². The molecule has 0 aromatic carbocycles. The first-order valence-electron chi connectivity index (χ1n) is 3.54. The summed E-state index contributed by atoms with van der Waals surface area (Å²) in [4.78, 5) is 11.9. The summed E-state index contributed by atoms with van der Waals surface area (Å²) >= 11 is 1.66. The number of hydrogen-bond acceptors (Lipinski definition) is 3. The molecule has 1 rings (SSSR count).